The summed E-state index contributed by atoms with van der Waals surface area (Å²) in [5, 5.41) is 2.75. The largest absolute Gasteiger partial charge is 0.462 e. The molecule has 4 nitrogen and oxygen atoms in total. The second-order valence-corrected chi connectivity index (χ2v) is 4.05. The van der Waals surface area contributed by atoms with Gasteiger partial charge in [0.15, 0.2) is 0 Å². The number of esters is 1. The quantitative estimate of drug-likeness (QED) is 0.654. The summed E-state index contributed by atoms with van der Waals surface area (Å²) in [5.74, 6) is -0.553. The molecule has 1 aromatic rings. The predicted molar refractivity (Wildman–Crippen MR) is 75.1 cm³/mol. The fourth-order valence-electron chi connectivity index (χ4n) is 1.57. The first-order valence-electron chi connectivity index (χ1n) is 6.33. The van der Waals surface area contributed by atoms with Crippen LogP contribution in [0.3, 0.4) is 0 Å². The van der Waals surface area contributed by atoms with Gasteiger partial charge in [0.2, 0.25) is 0 Å². The maximum absolute atomic E-state index is 11.8. The molecule has 0 aliphatic rings. The highest BCUT2D eigenvalue weighted by Crippen LogP contribution is 2.13. The number of amides is 1. The van der Waals surface area contributed by atoms with Crippen LogP contribution >= 0.6 is 0 Å². The van der Waals surface area contributed by atoms with Crippen molar-refractivity contribution in [1.29, 1.82) is 0 Å². The molecule has 0 fully saturated rings. The lowest BCUT2D eigenvalue weighted by atomic mass is 10.2. The summed E-state index contributed by atoms with van der Waals surface area (Å²) in [6, 6.07) is 6.71. The van der Waals surface area contributed by atoms with Crippen LogP contribution in [0.1, 0.15) is 37.6 Å². The zero-order valence-corrected chi connectivity index (χ0v) is 11.5. The van der Waals surface area contributed by atoms with Crippen LogP contribution in [-0.2, 0) is 9.53 Å². The normalized spacial score (nSPS) is 11.0. The smallest absolute Gasteiger partial charge is 0.338 e. The van der Waals surface area contributed by atoms with Gasteiger partial charge in [-0.3, -0.25) is 4.79 Å². The fourth-order valence-corrected chi connectivity index (χ4v) is 1.57. The van der Waals surface area contributed by atoms with E-state index in [1.54, 1.807) is 38.1 Å². The Bertz CT molecular complexity index is 492. The summed E-state index contributed by atoms with van der Waals surface area (Å²) in [6.07, 6.45) is 2.66. The molecule has 0 aliphatic heterocycles. The van der Waals surface area contributed by atoms with E-state index in [1.165, 1.54) is 0 Å². The minimum absolute atomic E-state index is 0.164. The average molecular weight is 261 g/mol. The summed E-state index contributed by atoms with van der Waals surface area (Å²) in [5.41, 5.74) is 1.67. The number of anilines is 1. The van der Waals surface area contributed by atoms with Crippen molar-refractivity contribution in [2.45, 2.75) is 27.2 Å². The summed E-state index contributed by atoms with van der Waals surface area (Å²) in [4.78, 5) is 23.4. The first kappa shape index (κ1) is 15.0. The fraction of sp³-hybridized carbons (Fsp3) is 0.333. The van der Waals surface area contributed by atoms with Gasteiger partial charge in [0, 0.05) is 11.3 Å². The van der Waals surface area contributed by atoms with E-state index < -0.39 is 0 Å². The monoisotopic (exact) mass is 261 g/mol. The zero-order valence-electron chi connectivity index (χ0n) is 11.5. The Hall–Kier alpha value is -2.10. The van der Waals surface area contributed by atoms with E-state index >= 15 is 0 Å². The van der Waals surface area contributed by atoms with E-state index in [0.29, 0.717) is 23.4 Å². The van der Waals surface area contributed by atoms with Crippen LogP contribution in [0.15, 0.2) is 35.9 Å². The summed E-state index contributed by atoms with van der Waals surface area (Å²) >= 11 is 0. The number of allylic oxidation sites excluding steroid dienone is 1. The number of hydrogen-bond acceptors (Lipinski definition) is 3. The molecule has 0 atom stereocenters. The van der Waals surface area contributed by atoms with Gasteiger partial charge in [0.05, 0.1) is 12.2 Å². The number of rotatable bonds is 5. The minimum Gasteiger partial charge on any atom is -0.462 e. The number of hydrogen-bond donors (Lipinski definition) is 1. The van der Waals surface area contributed by atoms with E-state index in [-0.39, 0.29) is 11.9 Å². The molecule has 0 saturated carbocycles. The SMILES string of the molecule is CCC=C(C)C(=O)Nc1cccc(C(=O)OCC)c1. The highest BCUT2D eigenvalue weighted by Gasteiger charge is 2.09. The standard InChI is InChI=1S/C15H19NO3/c1-4-7-11(3)14(17)16-13-9-6-8-12(10-13)15(18)19-5-2/h6-10H,4-5H2,1-3H3,(H,16,17). The Balaban J connectivity index is 2.80. The van der Waals surface area contributed by atoms with E-state index in [1.807, 2.05) is 13.0 Å². The first-order valence-corrected chi connectivity index (χ1v) is 6.33. The summed E-state index contributed by atoms with van der Waals surface area (Å²) < 4.78 is 4.91. The number of benzene rings is 1. The number of carbonyl (C=O) groups is 2. The molecule has 0 aliphatic carbocycles. The van der Waals surface area contributed by atoms with Crippen LogP contribution in [0.5, 0.6) is 0 Å². The van der Waals surface area contributed by atoms with Crippen LogP contribution in [0.2, 0.25) is 0 Å². The van der Waals surface area contributed by atoms with Gasteiger partial charge in [-0.1, -0.05) is 19.1 Å². The third kappa shape index (κ3) is 4.58. The lowest BCUT2D eigenvalue weighted by Crippen LogP contribution is -2.13. The van der Waals surface area contributed by atoms with Crippen molar-refractivity contribution in [3.05, 3.63) is 41.5 Å². The third-order valence-corrected chi connectivity index (χ3v) is 2.50. The Morgan fingerprint density at radius 3 is 2.68 bits per heavy atom. The van der Waals surface area contributed by atoms with Crippen molar-refractivity contribution in [2.75, 3.05) is 11.9 Å². The Kier molecular flexibility index (Phi) is 5.79. The Morgan fingerprint density at radius 1 is 1.32 bits per heavy atom. The Labute approximate surface area is 113 Å². The lowest BCUT2D eigenvalue weighted by molar-refractivity contribution is -0.112. The predicted octanol–water partition coefficient (Wildman–Crippen LogP) is 3.16. The lowest BCUT2D eigenvalue weighted by Gasteiger charge is -2.07. The molecule has 0 heterocycles. The van der Waals surface area contributed by atoms with Crippen LogP contribution in [-0.4, -0.2) is 18.5 Å². The van der Waals surface area contributed by atoms with Crippen LogP contribution < -0.4 is 5.32 Å². The molecule has 0 aromatic heterocycles. The highest BCUT2D eigenvalue weighted by atomic mass is 16.5. The molecule has 0 saturated heterocycles. The van der Waals surface area contributed by atoms with Gasteiger partial charge in [-0.25, -0.2) is 4.79 Å². The van der Waals surface area contributed by atoms with Gasteiger partial charge in [-0.15, -0.1) is 0 Å². The van der Waals surface area contributed by atoms with Crippen molar-refractivity contribution in [2.24, 2.45) is 0 Å². The maximum Gasteiger partial charge on any atom is 0.338 e. The van der Waals surface area contributed by atoms with Crippen molar-refractivity contribution >= 4 is 17.6 Å². The topological polar surface area (TPSA) is 55.4 Å². The van der Waals surface area contributed by atoms with Crippen molar-refractivity contribution in [3.63, 3.8) is 0 Å². The summed E-state index contributed by atoms with van der Waals surface area (Å²) in [6.45, 7) is 5.81. The average Bonchev–Trinajstić information content (AvgIpc) is 2.39. The van der Waals surface area contributed by atoms with Gasteiger partial charge >= 0.3 is 5.97 Å². The molecular weight excluding hydrogens is 242 g/mol. The van der Waals surface area contributed by atoms with E-state index in [2.05, 4.69) is 5.32 Å². The molecule has 0 unspecified atom stereocenters. The molecular formula is C15H19NO3. The molecule has 1 amide bonds. The number of carbonyl (C=O) groups excluding carboxylic acids is 2. The first-order chi connectivity index (χ1) is 9.08. The number of nitrogens with one attached hydrogen (secondary N) is 1. The molecule has 19 heavy (non-hydrogen) atoms. The van der Waals surface area contributed by atoms with Gasteiger partial charge in [-0.2, -0.15) is 0 Å². The second-order valence-electron chi connectivity index (χ2n) is 4.05. The maximum atomic E-state index is 11.8. The molecule has 0 radical (unpaired) electrons. The minimum atomic E-state index is -0.389. The molecule has 1 rings (SSSR count). The highest BCUT2D eigenvalue weighted by molar-refractivity contribution is 6.03. The van der Waals surface area contributed by atoms with Gasteiger partial charge in [-0.05, 0) is 38.5 Å². The van der Waals surface area contributed by atoms with Crippen LogP contribution in [0.4, 0.5) is 5.69 Å². The number of ether oxygens (including phenoxy) is 1. The van der Waals surface area contributed by atoms with Gasteiger partial charge in [0.25, 0.3) is 5.91 Å². The summed E-state index contributed by atoms with van der Waals surface area (Å²) in [7, 11) is 0. The molecule has 1 aromatic carbocycles. The van der Waals surface area contributed by atoms with Crippen LogP contribution in [0, 0.1) is 0 Å². The molecule has 4 heteroatoms. The Morgan fingerprint density at radius 2 is 2.05 bits per heavy atom. The third-order valence-electron chi connectivity index (χ3n) is 2.50. The van der Waals surface area contributed by atoms with Gasteiger partial charge in [0.1, 0.15) is 0 Å². The van der Waals surface area contributed by atoms with E-state index in [9.17, 15) is 9.59 Å². The van der Waals surface area contributed by atoms with Crippen molar-refractivity contribution in [1.82, 2.24) is 0 Å². The van der Waals surface area contributed by atoms with Crippen molar-refractivity contribution in [3.8, 4) is 0 Å². The van der Waals surface area contributed by atoms with E-state index in [4.69, 9.17) is 4.74 Å². The second kappa shape index (κ2) is 7.36. The van der Waals surface area contributed by atoms with Crippen LogP contribution in [0.25, 0.3) is 0 Å². The molecule has 0 spiro atoms. The van der Waals surface area contributed by atoms with Gasteiger partial charge < -0.3 is 10.1 Å². The molecule has 102 valence electrons. The van der Waals surface area contributed by atoms with Crippen molar-refractivity contribution < 1.29 is 14.3 Å². The van der Waals surface area contributed by atoms with E-state index in [0.717, 1.165) is 6.42 Å². The zero-order chi connectivity index (χ0) is 14.3. The molecule has 0 bridgehead atoms. The molecule has 1 N–H and O–H groups in total.